The van der Waals surface area contributed by atoms with Crippen molar-refractivity contribution in [3.63, 3.8) is 0 Å². The lowest BCUT2D eigenvalue weighted by atomic mass is 10.1. The Labute approximate surface area is 372 Å². The Morgan fingerprint density at radius 1 is 0.328 bits per heavy atom. The van der Waals surface area contributed by atoms with Gasteiger partial charge in [-0.1, -0.05) is 157 Å². The van der Waals surface area contributed by atoms with E-state index in [1.54, 1.807) is 14.7 Å². The molecule has 13 heteroatoms. The molecular weight excluding hydrogens is 773 g/mol. The minimum absolute atomic E-state index is 0.0993. The van der Waals surface area contributed by atoms with E-state index >= 15 is 0 Å². The zero-order chi connectivity index (χ0) is 45.5. The van der Waals surface area contributed by atoms with E-state index in [0.717, 1.165) is 141 Å². The van der Waals surface area contributed by atoms with E-state index in [-0.39, 0.29) is 56.4 Å². The number of aliphatic carboxylic acids is 1. The van der Waals surface area contributed by atoms with Crippen LogP contribution in [0.3, 0.4) is 0 Å². The molecular formula is C48H92N6O7. The number of rotatable bonds is 42. The van der Waals surface area contributed by atoms with E-state index < -0.39 is 18.4 Å². The van der Waals surface area contributed by atoms with Gasteiger partial charge in [-0.15, -0.1) is 0 Å². The maximum atomic E-state index is 14.3. The number of nitrogens with one attached hydrogen (secondary N) is 1. The van der Waals surface area contributed by atoms with E-state index in [2.05, 4.69) is 46.9 Å². The Morgan fingerprint density at radius 2 is 0.574 bits per heavy atom. The van der Waals surface area contributed by atoms with Crippen molar-refractivity contribution in [2.75, 3.05) is 78.5 Å². The Hall–Kier alpha value is -3.22. The molecule has 61 heavy (non-hydrogen) atoms. The second-order valence-electron chi connectivity index (χ2n) is 17.0. The first-order valence-electron chi connectivity index (χ1n) is 24.8. The SMILES string of the molecule is CCCCCCNCC(=O)N(CCCCCC)CC(=O)N(CCCCCC)CC(=O)N(CCCCCC)CC(=O)N(CCCCCC)CC(=O)N(CCCCCC)CC(=O)O. The monoisotopic (exact) mass is 865 g/mol. The summed E-state index contributed by atoms with van der Waals surface area (Å²) in [4.78, 5) is 89.2. The summed E-state index contributed by atoms with van der Waals surface area (Å²) in [6, 6.07) is 0. The minimum Gasteiger partial charge on any atom is -0.480 e. The normalized spacial score (nSPS) is 11.0. The third-order valence-electron chi connectivity index (χ3n) is 11.3. The molecule has 0 heterocycles. The molecule has 0 spiro atoms. The van der Waals surface area contributed by atoms with E-state index in [9.17, 15) is 33.9 Å². The summed E-state index contributed by atoms with van der Waals surface area (Å²) in [6.45, 7) is 14.3. The summed E-state index contributed by atoms with van der Waals surface area (Å²) in [6.07, 6.45) is 22.7. The first-order chi connectivity index (χ1) is 29.5. The molecule has 0 fully saturated rings. The van der Waals surface area contributed by atoms with Gasteiger partial charge in [-0.2, -0.15) is 0 Å². The summed E-state index contributed by atoms with van der Waals surface area (Å²) < 4.78 is 0. The van der Waals surface area contributed by atoms with Crippen molar-refractivity contribution in [2.45, 2.75) is 196 Å². The molecule has 0 aliphatic carbocycles. The molecule has 0 saturated carbocycles. The molecule has 0 atom stereocenters. The number of hydrogen-bond donors (Lipinski definition) is 2. The maximum absolute atomic E-state index is 14.3. The van der Waals surface area contributed by atoms with Gasteiger partial charge in [0.1, 0.15) is 6.54 Å². The number of unbranched alkanes of at least 4 members (excludes halogenated alkanes) is 18. The molecule has 13 nitrogen and oxygen atoms in total. The van der Waals surface area contributed by atoms with Gasteiger partial charge >= 0.3 is 5.97 Å². The van der Waals surface area contributed by atoms with Gasteiger partial charge in [0.25, 0.3) is 0 Å². The molecule has 0 aromatic carbocycles. The number of carbonyl (C=O) groups is 6. The Morgan fingerprint density at radius 3 is 0.836 bits per heavy atom. The predicted molar refractivity (Wildman–Crippen MR) is 248 cm³/mol. The van der Waals surface area contributed by atoms with Crippen LogP contribution in [0.25, 0.3) is 0 Å². The van der Waals surface area contributed by atoms with Crippen LogP contribution in [0.2, 0.25) is 0 Å². The molecule has 0 unspecified atom stereocenters. The van der Waals surface area contributed by atoms with E-state index in [4.69, 9.17) is 0 Å². The van der Waals surface area contributed by atoms with Crippen molar-refractivity contribution in [1.29, 1.82) is 0 Å². The van der Waals surface area contributed by atoms with Crippen LogP contribution in [0, 0.1) is 0 Å². The van der Waals surface area contributed by atoms with Crippen molar-refractivity contribution in [3.05, 3.63) is 0 Å². The highest BCUT2D eigenvalue weighted by Crippen LogP contribution is 2.11. The van der Waals surface area contributed by atoms with Crippen molar-refractivity contribution in [3.8, 4) is 0 Å². The summed E-state index contributed by atoms with van der Waals surface area (Å²) >= 11 is 0. The Kier molecular flexibility index (Phi) is 37.5. The van der Waals surface area contributed by atoms with Crippen molar-refractivity contribution >= 4 is 35.5 Å². The van der Waals surface area contributed by atoms with Crippen LogP contribution in [-0.4, -0.2) is 144 Å². The highest BCUT2D eigenvalue weighted by molar-refractivity contribution is 5.92. The number of carbonyl (C=O) groups excluding carboxylic acids is 5. The van der Waals surface area contributed by atoms with Crippen LogP contribution >= 0.6 is 0 Å². The second-order valence-corrected chi connectivity index (χ2v) is 17.0. The number of amides is 5. The van der Waals surface area contributed by atoms with Crippen LogP contribution in [0.5, 0.6) is 0 Å². The van der Waals surface area contributed by atoms with Gasteiger partial charge in [0.15, 0.2) is 0 Å². The molecule has 0 aromatic heterocycles. The van der Waals surface area contributed by atoms with Crippen LogP contribution in [-0.2, 0) is 28.8 Å². The zero-order valence-electron chi connectivity index (χ0n) is 40.1. The minimum atomic E-state index is -1.10. The fraction of sp³-hybridized carbons (Fsp3) is 0.875. The predicted octanol–water partition coefficient (Wildman–Crippen LogP) is 8.29. The third-order valence-corrected chi connectivity index (χ3v) is 11.3. The fourth-order valence-electron chi connectivity index (χ4n) is 7.31. The van der Waals surface area contributed by atoms with Gasteiger partial charge < -0.3 is 34.9 Å². The van der Waals surface area contributed by atoms with Crippen molar-refractivity contribution < 1.29 is 33.9 Å². The Balaban J connectivity index is 6.37. The first kappa shape index (κ1) is 57.8. The number of carboxylic acid groups (broad SMARTS) is 1. The first-order valence-corrected chi connectivity index (χ1v) is 24.8. The number of nitrogens with zero attached hydrogens (tertiary/aromatic N) is 5. The molecule has 0 aliphatic rings. The van der Waals surface area contributed by atoms with Crippen molar-refractivity contribution in [1.82, 2.24) is 29.8 Å². The average molecular weight is 865 g/mol. The lowest BCUT2D eigenvalue weighted by molar-refractivity contribution is -0.148. The summed E-state index contributed by atoms with van der Waals surface area (Å²) in [5, 5.41) is 12.9. The Bertz CT molecular complexity index is 1170. The standard InChI is InChI=1S/C48H92N6O7/c1-7-13-19-25-31-49-37-43(55)50(32-26-20-14-8-2)38-44(56)51(33-27-21-15-9-3)39-45(57)52(34-28-22-16-10-4)40-46(58)53(35-29-23-17-11-5)41-47(59)54(42-48(60)61)36-30-24-18-12-6/h49H,7-42H2,1-6H3,(H,60,61). The van der Waals surface area contributed by atoms with Gasteiger partial charge in [0, 0.05) is 32.7 Å². The maximum Gasteiger partial charge on any atom is 0.323 e. The quantitative estimate of drug-likeness (QED) is 0.0583. The molecule has 0 saturated heterocycles. The van der Waals surface area contributed by atoms with Crippen LogP contribution in [0.15, 0.2) is 0 Å². The second kappa shape index (κ2) is 39.6. The molecule has 0 bridgehead atoms. The van der Waals surface area contributed by atoms with Crippen LogP contribution < -0.4 is 5.32 Å². The molecule has 0 aromatic rings. The van der Waals surface area contributed by atoms with Crippen molar-refractivity contribution in [2.24, 2.45) is 0 Å². The zero-order valence-corrected chi connectivity index (χ0v) is 40.1. The third kappa shape index (κ3) is 30.5. The topological polar surface area (TPSA) is 151 Å². The number of hydrogen-bond acceptors (Lipinski definition) is 7. The summed E-state index contributed by atoms with van der Waals surface area (Å²) in [5.74, 6) is -2.58. The average Bonchev–Trinajstić information content (AvgIpc) is 3.24. The summed E-state index contributed by atoms with van der Waals surface area (Å²) in [7, 11) is 0. The molecule has 5 amide bonds. The number of carboxylic acids is 1. The lowest BCUT2D eigenvalue weighted by Crippen LogP contribution is -2.52. The van der Waals surface area contributed by atoms with Gasteiger partial charge in [0.05, 0.1) is 32.7 Å². The lowest BCUT2D eigenvalue weighted by Gasteiger charge is -2.32. The van der Waals surface area contributed by atoms with Gasteiger partial charge in [-0.25, -0.2) is 0 Å². The molecule has 0 rings (SSSR count). The van der Waals surface area contributed by atoms with Crippen LogP contribution in [0.4, 0.5) is 0 Å². The molecule has 356 valence electrons. The largest absolute Gasteiger partial charge is 0.480 e. The van der Waals surface area contributed by atoms with Gasteiger partial charge in [-0.05, 0) is 45.1 Å². The highest BCUT2D eigenvalue weighted by atomic mass is 16.4. The fourth-order valence-corrected chi connectivity index (χ4v) is 7.31. The van der Waals surface area contributed by atoms with E-state index in [0.29, 0.717) is 52.0 Å². The van der Waals surface area contributed by atoms with E-state index in [1.165, 1.54) is 9.80 Å². The van der Waals surface area contributed by atoms with Gasteiger partial charge in [0.2, 0.25) is 29.5 Å². The molecule has 0 radical (unpaired) electrons. The molecule has 0 aliphatic heterocycles. The molecule has 2 N–H and O–H groups in total. The smallest absolute Gasteiger partial charge is 0.323 e. The van der Waals surface area contributed by atoms with E-state index in [1.807, 2.05) is 0 Å². The van der Waals surface area contributed by atoms with Gasteiger partial charge in [-0.3, -0.25) is 28.8 Å². The summed E-state index contributed by atoms with van der Waals surface area (Å²) in [5.41, 5.74) is 0. The van der Waals surface area contributed by atoms with Crippen LogP contribution in [0.1, 0.15) is 196 Å². The highest BCUT2D eigenvalue weighted by Gasteiger charge is 2.28.